The molecule has 0 aliphatic carbocycles. The minimum Gasteiger partial charge on any atom is -0.455 e. The number of hydrogen-bond donors (Lipinski definition) is 0. The van der Waals surface area contributed by atoms with E-state index in [1.54, 1.807) is 0 Å². The maximum absolute atomic E-state index is 13.0. The minimum absolute atomic E-state index is 0.513. The summed E-state index contributed by atoms with van der Waals surface area (Å²) in [6, 6.07) is 105. The van der Waals surface area contributed by atoms with Gasteiger partial charge in [-0.25, -0.2) is 0 Å². The summed E-state index contributed by atoms with van der Waals surface area (Å²) in [4.78, 5) is 0. The fourth-order valence-corrected chi connectivity index (χ4v) is 14.2. The van der Waals surface area contributed by atoms with E-state index in [1.807, 2.05) is 0 Å². The summed E-state index contributed by atoms with van der Waals surface area (Å²) in [6.07, 6.45) is 0. The number of rotatable bonds is 7. The summed E-state index contributed by atoms with van der Waals surface area (Å²) >= 11 is 0. The molecule has 18 rings (SSSR count). The quantitative estimate of drug-likeness (QED) is 0.160. The lowest BCUT2D eigenvalue weighted by Crippen LogP contribution is -2.16. The summed E-state index contributed by atoms with van der Waals surface area (Å²) in [5.74, 6) is 0. The van der Waals surface area contributed by atoms with E-state index in [0.29, 0.717) is 5.56 Å². The lowest BCUT2D eigenvalue weighted by Gasteiger charge is -2.29. The topological polar surface area (TPSA) is 56.6 Å². The van der Waals surface area contributed by atoms with Gasteiger partial charge in [0.1, 0.15) is 22.8 Å². The average Bonchev–Trinajstić information content (AvgIpc) is 1.79. The van der Waals surface area contributed by atoms with Gasteiger partial charge < -0.3 is 22.7 Å². The molecule has 0 spiro atoms. The van der Waals surface area contributed by atoms with Gasteiger partial charge >= 0.3 is 0 Å². The van der Waals surface area contributed by atoms with Crippen LogP contribution in [0.15, 0.2) is 290 Å². The third kappa shape index (κ3) is 6.69. The first kappa shape index (κ1) is 47.0. The van der Waals surface area contributed by atoms with E-state index >= 15 is 0 Å². The second kappa shape index (κ2) is 18.2. The highest BCUT2D eigenvalue weighted by Gasteiger charge is 2.35. The fourth-order valence-electron chi connectivity index (χ4n) is 14.2. The van der Waals surface area contributed by atoms with Gasteiger partial charge in [-0.2, -0.15) is 5.26 Å². The molecule has 0 fully saturated rings. The second-order valence-electron chi connectivity index (χ2n) is 22.2. The molecule has 0 atom stereocenters. The van der Waals surface area contributed by atoms with Gasteiger partial charge in [-0.3, -0.25) is 0 Å². The average molecular weight is 1080 g/mol. The molecule has 394 valence electrons. The van der Waals surface area contributed by atoms with Crippen molar-refractivity contribution in [3.63, 3.8) is 0 Å². The van der Waals surface area contributed by atoms with Crippen molar-refractivity contribution in [2.45, 2.75) is 0 Å². The van der Waals surface area contributed by atoms with Gasteiger partial charge in [-0.05, 0) is 101 Å². The highest BCUT2D eigenvalue weighted by molar-refractivity contribution is 6.26. The Kier molecular flexibility index (Phi) is 10.1. The Labute approximate surface area is 487 Å². The lowest BCUT2D eigenvalue weighted by molar-refractivity contribution is 0.673. The van der Waals surface area contributed by atoms with Crippen LogP contribution in [0.1, 0.15) is 5.56 Å². The Morgan fingerprint density at radius 2 is 0.600 bits per heavy atom. The normalized spacial score (nSPS) is 12.0. The van der Waals surface area contributed by atoms with Crippen LogP contribution in [0.2, 0.25) is 0 Å². The van der Waals surface area contributed by atoms with Crippen molar-refractivity contribution in [2.24, 2.45) is 0 Å². The number of aromatic nitrogens is 4. The van der Waals surface area contributed by atoms with Crippen LogP contribution >= 0.6 is 0 Å². The van der Waals surface area contributed by atoms with Crippen molar-refractivity contribution in [3.05, 3.63) is 291 Å². The van der Waals surface area contributed by atoms with Gasteiger partial charge in [0.15, 0.2) is 0 Å². The number of hydrogen-bond acceptors (Lipinski definition) is 2. The second-order valence-corrected chi connectivity index (χ2v) is 22.2. The summed E-state index contributed by atoms with van der Waals surface area (Å²) in [7, 11) is 0. The molecule has 0 aliphatic rings. The summed E-state index contributed by atoms with van der Waals surface area (Å²) in [6.45, 7) is 0. The number of fused-ring (bicyclic) bond motifs is 16. The van der Waals surface area contributed by atoms with E-state index in [1.165, 1.54) is 0 Å². The first-order valence-corrected chi connectivity index (χ1v) is 28.9. The molecule has 0 saturated heterocycles. The van der Waals surface area contributed by atoms with E-state index in [4.69, 9.17) is 4.42 Å². The number of benzene rings is 13. The molecule has 0 radical (unpaired) electrons. The molecular weight excluding hydrogens is 1030 g/mol. The lowest BCUT2D eigenvalue weighted by atomic mass is 9.93. The molecule has 85 heavy (non-hydrogen) atoms. The number of furan rings is 1. The Bertz CT molecular complexity index is 5690. The van der Waals surface area contributed by atoms with Crippen LogP contribution in [0.5, 0.6) is 0 Å². The molecule has 5 aromatic heterocycles. The van der Waals surface area contributed by atoms with Crippen LogP contribution in [0, 0.1) is 11.3 Å². The fraction of sp³-hybridized carbons (Fsp3) is 0. The van der Waals surface area contributed by atoms with Gasteiger partial charge in [0.05, 0.1) is 72.3 Å². The maximum atomic E-state index is 13.0. The smallest absolute Gasteiger partial charge is 0.145 e. The van der Waals surface area contributed by atoms with Crippen molar-refractivity contribution in [1.82, 2.24) is 18.3 Å². The maximum Gasteiger partial charge on any atom is 0.145 e. The van der Waals surface area contributed by atoms with Crippen LogP contribution in [0.4, 0.5) is 0 Å². The number of para-hydroxylation sites is 6. The zero-order valence-electron chi connectivity index (χ0n) is 45.8. The van der Waals surface area contributed by atoms with Crippen LogP contribution < -0.4 is 0 Å². The number of nitrogens with zero attached hydrogens (tertiary/aromatic N) is 5. The zero-order chi connectivity index (χ0) is 55.9. The Hall–Kier alpha value is -11.7. The van der Waals surface area contributed by atoms with E-state index < -0.39 is 0 Å². The molecule has 6 heteroatoms. The van der Waals surface area contributed by atoms with Crippen molar-refractivity contribution in [2.75, 3.05) is 0 Å². The molecular formula is C79H47N5O. The molecule has 0 amide bonds. The van der Waals surface area contributed by atoms with E-state index in [9.17, 15) is 5.26 Å². The van der Waals surface area contributed by atoms with Crippen molar-refractivity contribution in [3.8, 4) is 62.2 Å². The highest BCUT2D eigenvalue weighted by atomic mass is 16.3. The molecule has 5 heterocycles. The van der Waals surface area contributed by atoms with Gasteiger partial charge in [0, 0.05) is 54.0 Å². The minimum atomic E-state index is 0.513. The first-order chi connectivity index (χ1) is 42.2. The molecule has 0 unspecified atom stereocenters. The van der Waals surface area contributed by atoms with E-state index in [-0.39, 0.29) is 0 Å². The molecule has 18 aromatic rings. The Morgan fingerprint density at radius 3 is 1.04 bits per heavy atom. The van der Waals surface area contributed by atoms with Gasteiger partial charge in [-0.15, -0.1) is 0 Å². The molecule has 6 nitrogen and oxygen atoms in total. The number of nitriles is 1. The molecule has 0 aliphatic heterocycles. The largest absolute Gasteiger partial charge is 0.455 e. The van der Waals surface area contributed by atoms with E-state index in [2.05, 4.69) is 309 Å². The van der Waals surface area contributed by atoms with Crippen LogP contribution in [-0.4, -0.2) is 18.3 Å². The third-order valence-corrected chi connectivity index (χ3v) is 17.8. The van der Waals surface area contributed by atoms with Gasteiger partial charge in [-0.1, -0.05) is 212 Å². The molecule has 0 saturated carbocycles. The SMILES string of the molecule is N#Cc1c(-n2c3ccccc3c3ccccc32)c(-n2c3ccccc3c3ccccc32)c(-c2ccccc2)c(-n2c3ccc(-c4ccccc4)cc3c3c4oc5ccc(-c6ccccc6)cc5c4ccc32)c1-n1c2ccccc2c2ccccc21. The predicted molar refractivity (Wildman–Crippen MR) is 352 cm³/mol. The monoisotopic (exact) mass is 1080 g/mol. The summed E-state index contributed by atoms with van der Waals surface area (Å²) < 4.78 is 17.0. The molecule has 13 aromatic carbocycles. The predicted octanol–water partition coefficient (Wildman–Crippen LogP) is 20.8. The van der Waals surface area contributed by atoms with Gasteiger partial charge in [0.2, 0.25) is 0 Å². The molecule has 0 bridgehead atoms. The Morgan fingerprint density at radius 1 is 0.259 bits per heavy atom. The van der Waals surface area contributed by atoms with Crippen molar-refractivity contribution >= 4 is 109 Å². The third-order valence-electron chi connectivity index (χ3n) is 17.8. The summed E-state index contributed by atoms with van der Waals surface area (Å²) in [5.41, 5.74) is 19.7. The Balaban J connectivity index is 1.13. The van der Waals surface area contributed by atoms with Gasteiger partial charge in [0.25, 0.3) is 0 Å². The van der Waals surface area contributed by atoms with Crippen molar-refractivity contribution in [1.29, 1.82) is 5.26 Å². The van der Waals surface area contributed by atoms with Crippen molar-refractivity contribution < 1.29 is 4.42 Å². The van der Waals surface area contributed by atoms with Crippen LogP contribution in [-0.2, 0) is 0 Å². The standard InChI is InChI=1S/C79H47N5O/c80-48-63-75(81-64-34-16-10-28-54(64)55-29-11-17-35-65(55)81)77(83-68-38-20-14-32-58(68)59-33-15-21-39-69(59)83)73(51-26-8-3-9-27-51)78(76(63)82-66-36-18-12-30-56(66)57-31-13-19-37-67(57)82)84-70-43-40-52(49-22-4-1-5-23-49)47-62(70)74-71(84)44-42-60-61-46-53(50-24-6-2-7-25-50)41-45-72(61)85-79(60)74/h1-47H. The molecule has 0 N–H and O–H groups in total. The highest BCUT2D eigenvalue weighted by Crippen LogP contribution is 2.53. The zero-order valence-corrected chi connectivity index (χ0v) is 45.8. The summed E-state index contributed by atoms with van der Waals surface area (Å²) in [5, 5.41) is 23.7. The van der Waals surface area contributed by atoms with Crippen LogP contribution in [0.25, 0.3) is 165 Å². The first-order valence-electron chi connectivity index (χ1n) is 28.9. The van der Waals surface area contributed by atoms with Crippen LogP contribution in [0.3, 0.4) is 0 Å². The van der Waals surface area contributed by atoms with E-state index in [0.717, 1.165) is 165 Å².